The van der Waals surface area contributed by atoms with Crippen molar-refractivity contribution in [2.24, 2.45) is 0 Å². The number of nitrogens with zero attached hydrogens (tertiary/aromatic N) is 4. The van der Waals surface area contributed by atoms with Gasteiger partial charge in [-0.05, 0) is 130 Å². The fourth-order valence-corrected chi connectivity index (χ4v) is 20.4. The summed E-state index contributed by atoms with van der Waals surface area (Å²) in [6.45, 7) is 0. The predicted octanol–water partition coefficient (Wildman–Crippen LogP) is 16.1. The minimum absolute atomic E-state index is 1.12. The van der Waals surface area contributed by atoms with Crippen molar-refractivity contribution in [3.63, 3.8) is 0 Å². The molecule has 16 aromatic rings. The number of fused-ring (bicyclic) bond motifs is 12. The summed E-state index contributed by atoms with van der Waals surface area (Å²) in [6, 6.07) is 93.7. The van der Waals surface area contributed by atoms with Crippen LogP contribution >= 0.6 is 22.7 Å². The number of aromatic nitrogens is 4. The highest BCUT2D eigenvalue weighted by molar-refractivity contribution is 7.33. The van der Waals surface area contributed by atoms with Crippen LogP contribution in [0, 0.1) is 0 Å². The highest BCUT2D eigenvalue weighted by Gasteiger charge is 2.47. The van der Waals surface area contributed by atoms with Crippen LogP contribution in [-0.4, -0.2) is 27.2 Å². The number of thiophene rings is 2. The van der Waals surface area contributed by atoms with Crippen molar-refractivity contribution in [1.82, 2.24) is 19.1 Å². The minimum Gasteiger partial charge on any atom is -0.309 e. The van der Waals surface area contributed by atoms with E-state index in [1.165, 1.54) is 117 Å². The van der Waals surface area contributed by atoms with E-state index in [-0.39, 0.29) is 0 Å². The van der Waals surface area contributed by atoms with Crippen molar-refractivity contribution in [2.45, 2.75) is 0 Å². The van der Waals surface area contributed by atoms with Crippen LogP contribution in [0.1, 0.15) is 0 Å². The van der Waals surface area contributed by atoms with Crippen molar-refractivity contribution < 1.29 is 0 Å². The van der Waals surface area contributed by atoms with Crippen molar-refractivity contribution in [3.8, 4) is 33.6 Å². The number of pyridine rings is 2. The molecular formula is C70H44N4S2Si. The largest absolute Gasteiger partial charge is 0.309 e. The molecule has 0 aliphatic heterocycles. The molecule has 0 bridgehead atoms. The number of para-hydroxylation sites is 4. The number of rotatable bonds is 8. The maximum absolute atomic E-state index is 5.59. The van der Waals surface area contributed by atoms with E-state index in [4.69, 9.17) is 9.97 Å². The quantitative estimate of drug-likeness (QED) is 0.142. The number of benzene rings is 10. The fraction of sp³-hybridized carbons (Fsp3) is 0. The molecule has 0 saturated carbocycles. The first kappa shape index (κ1) is 44.1. The Balaban J connectivity index is 0.878. The molecule has 10 aromatic carbocycles. The Bertz CT molecular complexity index is 4660. The second-order valence-corrected chi connectivity index (χ2v) is 25.7. The maximum atomic E-state index is 5.59. The maximum Gasteiger partial charge on any atom is 0.227 e. The van der Waals surface area contributed by atoms with E-state index in [2.05, 4.69) is 276 Å². The molecule has 0 unspecified atom stereocenters. The Kier molecular flexibility index (Phi) is 9.97. The molecule has 0 amide bonds. The highest BCUT2D eigenvalue weighted by Crippen LogP contribution is 2.42. The Morgan fingerprint density at radius 1 is 0.286 bits per heavy atom. The van der Waals surface area contributed by atoms with Gasteiger partial charge in [-0.25, -0.2) is 0 Å². The Morgan fingerprint density at radius 3 is 1.06 bits per heavy atom. The van der Waals surface area contributed by atoms with E-state index in [1.807, 2.05) is 22.7 Å². The SMILES string of the molecule is c1ccc(-n2c3ccccc3c3cc(-c4ccc5sc6c([Si](c7ccccc7)(c7ccccc7)c7nccc8c7sc7ccc(-c9ccc%10c(c9)c9ccccc9n%10-c9ccccc9)cc78)nccc6c5c4)ccc32)cc1. The lowest BCUT2D eigenvalue weighted by molar-refractivity contribution is 1.18. The molecule has 16 rings (SSSR count). The first-order valence-corrected chi connectivity index (χ1v) is 29.7. The summed E-state index contributed by atoms with van der Waals surface area (Å²) in [7, 11) is -3.28. The van der Waals surface area contributed by atoms with Gasteiger partial charge in [0.15, 0.2) is 0 Å². The predicted molar refractivity (Wildman–Crippen MR) is 331 cm³/mol. The fourth-order valence-electron chi connectivity index (χ4n) is 12.5. The minimum atomic E-state index is -3.28. The monoisotopic (exact) mass is 1030 g/mol. The Labute approximate surface area is 452 Å². The van der Waals surface area contributed by atoms with Gasteiger partial charge in [-0.2, -0.15) is 0 Å². The van der Waals surface area contributed by atoms with E-state index in [0.29, 0.717) is 0 Å². The summed E-state index contributed by atoms with van der Waals surface area (Å²) < 4.78 is 9.68. The zero-order valence-corrected chi connectivity index (χ0v) is 44.1. The van der Waals surface area contributed by atoms with Gasteiger partial charge in [0.05, 0.1) is 42.1 Å². The molecule has 0 radical (unpaired) electrons. The molecule has 0 N–H and O–H groups in total. The van der Waals surface area contributed by atoms with E-state index in [1.54, 1.807) is 0 Å². The molecule has 7 heteroatoms. The van der Waals surface area contributed by atoms with Crippen LogP contribution in [0.2, 0.25) is 0 Å². The standard InChI is InChI=1S/C70H44N4S2Si/c1-5-17-49(18-6-1)73-61-27-15-13-25-53(61)57-41-45(29-33-63(57)73)47-31-35-65-59(43-47)55-37-39-71-69(67(55)75-65)77(51-21-9-3-10-22-51,52-23-11-4-12-24-52)70-68-56(38-40-72-70)60-44-48(32-36-66(60)76-68)46-30-34-64-58(42-46)54-26-14-16-28-62(54)74(64)50-19-7-2-8-20-50/h1-44H. The van der Waals surface area contributed by atoms with Crippen molar-refractivity contribution in [2.75, 3.05) is 0 Å². The summed E-state index contributed by atoms with van der Waals surface area (Å²) in [5, 5.41) is 14.7. The molecule has 0 atom stereocenters. The van der Waals surface area contributed by atoms with Gasteiger partial charge in [-0.1, -0.05) is 158 Å². The normalized spacial score (nSPS) is 12.2. The van der Waals surface area contributed by atoms with E-state index in [0.717, 1.165) is 22.0 Å². The van der Waals surface area contributed by atoms with Gasteiger partial charge in [-0.15, -0.1) is 22.7 Å². The molecule has 0 fully saturated rings. The van der Waals surface area contributed by atoms with Crippen molar-refractivity contribution in [3.05, 3.63) is 267 Å². The van der Waals surface area contributed by atoms with Gasteiger partial charge in [0.2, 0.25) is 8.07 Å². The van der Waals surface area contributed by atoms with Gasteiger partial charge in [0, 0.05) is 76.3 Å². The molecule has 0 aliphatic rings. The van der Waals surface area contributed by atoms with Crippen LogP contribution in [0.5, 0.6) is 0 Å². The van der Waals surface area contributed by atoms with Crippen molar-refractivity contribution in [1.29, 1.82) is 0 Å². The number of hydrogen-bond donors (Lipinski definition) is 0. The van der Waals surface area contributed by atoms with Crippen LogP contribution in [0.3, 0.4) is 0 Å². The summed E-state index contributed by atoms with van der Waals surface area (Å²) >= 11 is 3.73. The second kappa shape index (κ2) is 17.4. The van der Waals surface area contributed by atoms with Crippen LogP contribution in [0.25, 0.3) is 118 Å². The average Bonchev–Trinajstić information content (AvgIpc) is 4.48. The molecule has 0 aliphatic carbocycles. The van der Waals surface area contributed by atoms with Crippen LogP contribution in [-0.2, 0) is 0 Å². The molecule has 360 valence electrons. The topological polar surface area (TPSA) is 35.6 Å². The van der Waals surface area contributed by atoms with Crippen molar-refractivity contribution >= 4 is 136 Å². The van der Waals surface area contributed by atoms with Gasteiger partial charge in [-0.3, -0.25) is 9.97 Å². The van der Waals surface area contributed by atoms with Crippen LogP contribution in [0.4, 0.5) is 0 Å². The van der Waals surface area contributed by atoms with Crippen LogP contribution in [0.15, 0.2) is 267 Å². The zero-order chi connectivity index (χ0) is 50.6. The van der Waals surface area contributed by atoms with Gasteiger partial charge >= 0.3 is 0 Å². The Hall–Kier alpha value is -9.24. The number of hydrogen-bond acceptors (Lipinski definition) is 4. The van der Waals surface area contributed by atoms with Gasteiger partial charge in [0.25, 0.3) is 0 Å². The van der Waals surface area contributed by atoms with E-state index in [9.17, 15) is 0 Å². The average molecular weight is 1030 g/mol. The summed E-state index contributed by atoms with van der Waals surface area (Å²) in [5.41, 5.74) is 11.9. The Morgan fingerprint density at radius 2 is 0.636 bits per heavy atom. The molecule has 77 heavy (non-hydrogen) atoms. The smallest absolute Gasteiger partial charge is 0.227 e. The third kappa shape index (κ3) is 6.68. The molecular weight excluding hydrogens is 989 g/mol. The third-order valence-corrected chi connectivity index (χ3v) is 23.3. The molecule has 6 aromatic heterocycles. The first-order valence-electron chi connectivity index (χ1n) is 26.1. The van der Waals surface area contributed by atoms with E-state index < -0.39 is 8.07 Å². The lowest BCUT2D eigenvalue weighted by Crippen LogP contribution is -2.76. The molecule has 4 nitrogen and oxygen atoms in total. The lowest BCUT2D eigenvalue weighted by Gasteiger charge is -2.32. The van der Waals surface area contributed by atoms with E-state index >= 15 is 0 Å². The molecule has 6 heterocycles. The summed E-state index contributed by atoms with van der Waals surface area (Å²) in [6.07, 6.45) is 4.11. The second-order valence-electron chi connectivity index (χ2n) is 20.0. The summed E-state index contributed by atoms with van der Waals surface area (Å²) in [5.74, 6) is 0. The third-order valence-electron chi connectivity index (χ3n) is 15.9. The lowest BCUT2D eigenvalue weighted by atomic mass is 10.0. The first-order chi connectivity index (χ1) is 38.2. The molecule has 0 saturated heterocycles. The van der Waals surface area contributed by atoms with Gasteiger partial charge < -0.3 is 9.13 Å². The highest BCUT2D eigenvalue weighted by atomic mass is 32.1. The summed E-state index contributed by atoms with van der Waals surface area (Å²) in [4.78, 5) is 11.2. The molecule has 0 spiro atoms. The van der Waals surface area contributed by atoms with Gasteiger partial charge in [0.1, 0.15) is 0 Å². The zero-order valence-electron chi connectivity index (χ0n) is 41.5. The van der Waals surface area contributed by atoms with Crippen LogP contribution < -0.4 is 21.0 Å².